The van der Waals surface area contributed by atoms with Gasteiger partial charge in [-0.3, -0.25) is 14.5 Å². The van der Waals surface area contributed by atoms with Crippen molar-refractivity contribution in [2.75, 3.05) is 20.7 Å². The molecule has 1 N–H and O–H groups in total. The second-order valence-corrected chi connectivity index (χ2v) is 8.73. The van der Waals surface area contributed by atoms with Crippen LogP contribution in [0.3, 0.4) is 0 Å². The summed E-state index contributed by atoms with van der Waals surface area (Å²) in [5.41, 5.74) is -0.585. The van der Waals surface area contributed by atoms with E-state index in [-0.39, 0.29) is 17.1 Å². The maximum atomic E-state index is 14.1. The van der Waals surface area contributed by atoms with E-state index in [1.165, 1.54) is 30.1 Å². The van der Waals surface area contributed by atoms with Crippen LogP contribution in [0.2, 0.25) is 5.02 Å². The van der Waals surface area contributed by atoms with Crippen LogP contribution in [-0.2, 0) is 21.7 Å². The third-order valence-corrected chi connectivity index (χ3v) is 6.43. The van der Waals surface area contributed by atoms with Gasteiger partial charge in [-0.1, -0.05) is 35.9 Å². The van der Waals surface area contributed by atoms with E-state index >= 15 is 0 Å². The Hall–Kier alpha value is -3.65. The number of amides is 4. The third kappa shape index (κ3) is 4.17. The molecule has 1 aliphatic rings. The first-order valence-electron chi connectivity index (χ1n) is 10.5. The molecule has 176 valence electrons. The molecule has 3 aromatic carbocycles. The van der Waals surface area contributed by atoms with Gasteiger partial charge in [-0.25, -0.2) is 9.18 Å². The molecule has 1 aliphatic heterocycles. The molecule has 1 saturated heterocycles. The molecule has 1 atom stereocenters. The van der Waals surface area contributed by atoms with Crippen molar-refractivity contribution in [3.8, 4) is 5.75 Å². The van der Waals surface area contributed by atoms with Crippen molar-refractivity contribution in [1.29, 1.82) is 0 Å². The van der Waals surface area contributed by atoms with E-state index in [2.05, 4.69) is 5.32 Å². The molecule has 4 rings (SSSR count). The van der Waals surface area contributed by atoms with Crippen molar-refractivity contribution in [1.82, 2.24) is 15.1 Å². The van der Waals surface area contributed by atoms with Crippen molar-refractivity contribution >= 4 is 40.2 Å². The second kappa shape index (κ2) is 8.95. The number of carbonyl (C=O) groups excluding carboxylic acids is 3. The highest BCUT2D eigenvalue weighted by Gasteiger charge is 2.49. The lowest BCUT2D eigenvalue weighted by atomic mass is 9.90. The van der Waals surface area contributed by atoms with Gasteiger partial charge in [-0.05, 0) is 53.6 Å². The standard InChI is InChI=1S/C25H23ClFN3O4/c1-25(17-9-7-16-12-18(34-3)10-8-15(16)11-17)23(32)30(24(33)28-25)14-22(31)29(2)13-19-20(26)5-4-6-21(19)27/h4-12H,13-14H2,1-3H3,(H,28,33). The van der Waals surface area contributed by atoms with Crippen molar-refractivity contribution in [3.63, 3.8) is 0 Å². The minimum atomic E-state index is -1.33. The van der Waals surface area contributed by atoms with Crippen LogP contribution in [0.5, 0.6) is 5.75 Å². The number of imide groups is 1. The molecule has 1 unspecified atom stereocenters. The van der Waals surface area contributed by atoms with Crippen LogP contribution in [0.1, 0.15) is 18.1 Å². The first-order valence-corrected chi connectivity index (χ1v) is 10.9. The molecule has 1 heterocycles. The lowest BCUT2D eigenvalue weighted by Crippen LogP contribution is -2.43. The number of benzene rings is 3. The van der Waals surface area contributed by atoms with E-state index in [1.54, 1.807) is 20.1 Å². The summed E-state index contributed by atoms with van der Waals surface area (Å²) >= 11 is 6.04. The average Bonchev–Trinajstić information content (AvgIpc) is 3.04. The number of methoxy groups -OCH3 is 1. The topological polar surface area (TPSA) is 79.0 Å². The summed E-state index contributed by atoms with van der Waals surface area (Å²) in [6.07, 6.45) is 0. The molecule has 0 aliphatic carbocycles. The van der Waals surface area contributed by atoms with Gasteiger partial charge in [0.05, 0.1) is 7.11 Å². The largest absolute Gasteiger partial charge is 0.497 e. The highest BCUT2D eigenvalue weighted by atomic mass is 35.5. The van der Waals surface area contributed by atoms with Gasteiger partial charge in [0.2, 0.25) is 5.91 Å². The first kappa shape index (κ1) is 23.5. The van der Waals surface area contributed by atoms with Gasteiger partial charge >= 0.3 is 6.03 Å². The van der Waals surface area contributed by atoms with Crippen LogP contribution in [-0.4, -0.2) is 48.3 Å². The maximum absolute atomic E-state index is 14.1. The smallest absolute Gasteiger partial charge is 0.325 e. The zero-order chi connectivity index (χ0) is 24.6. The molecule has 7 nitrogen and oxygen atoms in total. The van der Waals surface area contributed by atoms with Gasteiger partial charge in [0.1, 0.15) is 23.7 Å². The Morgan fingerprint density at radius 3 is 2.56 bits per heavy atom. The Morgan fingerprint density at radius 2 is 1.85 bits per heavy atom. The SMILES string of the molecule is COc1ccc2cc(C3(C)NC(=O)N(CC(=O)N(C)Cc4c(F)cccc4Cl)C3=O)ccc2c1. The predicted octanol–water partition coefficient (Wildman–Crippen LogP) is 4.07. The van der Waals surface area contributed by atoms with Gasteiger partial charge in [0.15, 0.2) is 0 Å². The van der Waals surface area contributed by atoms with Crippen molar-refractivity contribution in [2.24, 2.45) is 0 Å². The normalized spacial score (nSPS) is 17.7. The third-order valence-electron chi connectivity index (χ3n) is 6.08. The molecule has 0 aromatic heterocycles. The Labute approximate surface area is 201 Å². The molecule has 0 saturated carbocycles. The molecule has 4 amide bonds. The summed E-state index contributed by atoms with van der Waals surface area (Å²) in [5.74, 6) is -0.903. The summed E-state index contributed by atoms with van der Waals surface area (Å²) in [6, 6.07) is 14.6. The monoisotopic (exact) mass is 483 g/mol. The molecule has 34 heavy (non-hydrogen) atoms. The van der Waals surface area contributed by atoms with Crippen LogP contribution < -0.4 is 10.1 Å². The maximum Gasteiger partial charge on any atom is 0.325 e. The fraction of sp³-hybridized carbons (Fsp3) is 0.240. The molecule has 3 aromatic rings. The van der Waals surface area contributed by atoms with E-state index in [1.807, 2.05) is 30.3 Å². The number of nitrogens with zero attached hydrogens (tertiary/aromatic N) is 2. The van der Waals surface area contributed by atoms with E-state index in [4.69, 9.17) is 16.3 Å². The van der Waals surface area contributed by atoms with Gasteiger partial charge in [-0.15, -0.1) is 0 Å². The molecule has 0 bridgehead atoms. The number of hydrogen-bond acceptors (Lipinski definition) is 4. The quantitative estimate of drug-likeness (QED) is 0.536. The number of ether oxygens (including phenoxy) is 1. The average molecular weight is 484 g/mol. The minimum absolute atomic E-state index is 0.0978. The summed E-state index contributed by atoms with van der Waals surface area (Å²) < 4.78 is 19.3. The van der Waals surface area contributed by atoms with E-state index in [0.717, 1.165) is 15.7 Å². The number of hydrogen-bond donors (Lipinski definition) is 1. The molecule has 0 spiro atoms. The van der Waals surface area contributed by atoms with E-state index < -0.39 is 35.7 Å². The first-order chi connectivity index (χ1) is 16.1. The highest BCUT2D eigenvalue weighted by molar-refractivity contribution is 6.31. The number of carbonyl (C=O) groups is 3. The summed E-state index contributed by atoms with van der Waals surface area (Å²) in [4.78, 5) is 40.8. The van der Waals surface area contributed by atoms with Crippen molar-refractivity contribution in [3.05, 3.63) is 76.6 Å². The number of halogens is 2. The lowest BCUT2D eigenvalue weighted by Gasteiger charge is -2.24. The summed E-state index contributed by atoms with van der Waals surface area (Å²) in [6.45, 7) is 1.03. The fourth-order valence-corrected chi connectivity index (χ4v) is 4.19. The summed E-state index contributed by atoms with van der Waals surface area (Å²) in [5, 5.41) is 4.69. The van der Waals surface area contributed by atoms with Gasteiger partial charge in [-0.2, -0.15) is 0 Å². The van der Waals surface area contributed by atoms with E-state index in [9.17, 15) is 18.8 Å². The fourth-order valence-electron chi connectivity index (χ4n) is 3.96. The lowest BCUT2D eigenvalue weighted by molar-refractivity contribution is -0.138. The second-order valence-electron chi connectivity index (χ2n) is 8.32. The number of fused-ring (bicyclic) bond motifs is 1. The van der Waals surface area contributed by atoms with Crippen LogP contribution in [0.15, 0.2) is 54.6 Å². The molecule has 9 heteroatoms. The molecular weight excluding hydrogens is 461 g/mol. The zero-order valence-electron chi connectivity index (χ0n) is 18.9. The Morgan fingerprint density at radius 1 is 1.15 bits per heavy atom. The molecular formula is C25H23ClFN3O4. The van der Waals surface area contributed by atoms with Crippen LogP contribution in [0.4, 0.5) is 9.18 Å². The van der Waals surface area contributed by atoms with Gasteiger partial charge in [0, 0.05) is 24.2 Å². The summed E-state index contributed by atoms with van der Waals surface area (Å²) in [7, 11) is 3.04. The van der Waals surface area contributed by atoms with Crippen molar-refractivity contribution < 1.29 is 23.5 Å². The van der Waals surface area contributed by atoms with Crippen LogP contribution in [0.25, 0.3) is 10.8 Å². The van der Waals surface area contributed by atoms with Crippen molar-refractivity contribution in [2.45, 2.75) is 19.0 Å². The van der Waals surface area contributed by atoms with Crippen LogP contribution >= 0.6 is 11.6 Å². The van der Waals surface area contributed by atoms with Crippen LogP contribution in [0, 0.1) is 5.82 Å². The Balaban J connectivity index is 1.53. The number of rotatable bonds is 6. The number of nitrogens with one attached hydrogen (secondary N) is 1. The minimum Gasteiger partial charge on any atom is -0.497 e. The van der Waals surface area contributed by atoms with Gasteiger partial charge in [0.25, 0.3) is 5.91 Å². The predicted molar refractivity (Wildman–Crippen MR) is 126 cm³/mol. The molecule has 1 fully saturated rings. The molecule has 0 radical (unpaired) electrons. The Bertz CT molecular complexity index is 1290. The number of likely N-dealkylation sites (N-methyl/N-ethyl adjacent to an activating group) is 1. The Kier molecular flexibility index (Phi) is 6.18. The zero-order valence-corrected chi connectivity index (χ0v) is 19.6. The number of urea groups is 1. The van der Waals surface area contributed by atoms with E-state index in [0.29, 0.717) is 11.3 Å². The highest BCUT2D eigenvalue weighted by Crippen LogP contribution is 2.32. The van der Waals surface area contributed by atoms with Gasteiger partial charge < -0.3 is 15.0 Å².